The summed E-state index contributed by atoms with van der Waals surface area (Å²) in [5.41, 5.74) is 3.40. The third-order valence-corrected chi connectivity index (χ3v) is 6.60. The third-order valence-electron chi connectivity index (χ3n) is 6.60. The molecule has 1 unspecified atom stereocenters. The summed E-state index contributed by atoms with van der Waals surface area (Å²) in [6, 6.07) is 1.91. The van der Waals surface area contributed by atoms with Gasteiger partial charge in [-0.3, -0.25) is 9.89 Å². The average molecular weight is 410 g/mol. The van der Waals surface area contributed by atoms with Crippen LogP contribution in [-0.2, 0) is 17.6 Å². The van der Waals surface area contributed by atoms with E-state index in [1.165, 1.54) is 5.56 Å². The molecule has 2 aliphatic heterocycles. The lowest BCUT2D eigenvalue weighted by Crippen LogP contribution is -2.45. The maximum atomic E-state index is 13.1. The number of aromatic nitrogens is 4. The number of carbonyl (C=O) groups excluding carboxylic acids is 1. The smallest absolute Gasteiger partial charge is 0.245 e. The Bertz CT molecular complexity index is 932. The number of likely N-dealkylation sites (tertiary alicyclic amines) is 1. The summed E-state index contributed by atoms with van der Waals surface area (Å²) in [5, 5.41) is 10.9. The Kier molecular flexibility index (Phi) is 5.08. The molecule has 160 valence electrons. The molecule has 2 aromatic heterocycles. The maximum Gasteiger partial charge on any atom is 0.245 e. The van der Waals surface area contributed by atoms with Crippen molar-refractivity contribution in [2.75, 3.05) is 29.9 Å². The summed E-state index contributed by atoms with van der Waals surface area (Å²) in [5.74, 6) is 2.95. The molecule has 1 aliphatic carbocycles. The molecule has 1 atom stereocenters. The van der Waals surface area contributed by atoms with Crippen molar-refractivity contribution in [2.45, 2.75) is 70.8 Å². The van der Waals surface area contributed by atoms with Crippen LogP contribution in [0.25, 0.3) is 0 Å². The molecule has 5 rings (SSSR count). The molecule has 8 nitrogen and oxygen atoms in total. The lowest BCUT2D eigenvalue weighted by molar-refractivity contribution is -0.131. The van der Waals surface area contributed by atoms with Crippen LogP contribution in [0.1, 0.15) is 68.8 Å². The molecule has 3 aliphatic rings. The normalized spacial score (nSPS) is 21.0. The van der Waals surface area contributed by atoms with Crippen molar-refractivity contribution >= 4 is 23.5 Å². The molecule has 2 saturated heterocycles. The lowest BCUT2D eigenvalue weighted by Gasteiger charge is -2.28. The van der Waals surface area contributed by atoms with E-state index in [2.05, 4.69) is 34.3 Å². The molecule has 2 fully saturated rings. The van der Waals surface area contributed by atoms with Crippen LogP contribution in [0.3, 0.4) is 0 Å². The van der Waals surface area contributed by atoms with Gasteiger partial charge in [0.2, 0.25) is 11.9 Å². The number of rotatable bonds is 5. The largest absolute Gasteiger partial charge is 0.341 e. The van der Waals surface area contributed by atoms with E-state index in [0.29, 0.717) is 11.9 Å². The Morgan fingerprint density at radius 1 is 1.13 bits per heavy atom. The number of hydrogen-bond donors (Lipinski definition) is 2. The second-order valence-corrected chi connectivity index (χ2v) is 9.02. The van der Waals surface area contributed by atoms with Crippen molar-refractivity contribution < 1.29 is 4.79 Å². The van der Waals surface area contributed by atoms with E-state index in [1.807, 2.05) is 11.0 Å². The molecular formula is C22H31N7O. The molecule has 0 radical (unpaired) electrons. The van der Waals surface area contributed by atoms with Crippen LogP contribution in [0.2, 0.25) is 0 Å². The van der Waals surface area contributed by atoms with Gasteiger partial charge >= 0.3 is 0 Å². The van der Waals surface area contributed by atoms with Crippen molar-refractivity contribution in [3.05, 3.63) is 23.0 Å². The number of amides is 1. The molecule has 0 bridgehead atoms. The predicted molar refractivity (Wildman–Crippen MR) is 116 cm³/mol. The zero-order chi connectivity index (χ0) is 20.7. The molecule has 8 heteroatoms. The van der Waals surface area contributed by atoms with Gasteiger partial charge in [-0.15, -0.1) is 0 Å². The number of aromatic amines is 1. The number of nitrogens with one attached hydrogen (secondary N) is 2. The number of fused-ring (bicyclic) bond motifs is 1. The molecule has 0 saturated carbocycles. The quantitative estimate of drug-likeness (QED) is 0.788. The number of H-pyrrole nitrogens is 1. The number of aryl methyl sites for hydroxylation is 1. The van der Waals surface area contributed by atoms with Crippen molar-refractivity contribution in [1.29, 1.82) is 0 Å². The summed E-state index contributed by atoms with van der Waals surface area (Å²) in [4.78, 5) is 27.1. The zero-order valence-corrected chi connectivity index (χ0v) is 17.9. The molecule has 4 heterocycles. The number of hydrogen-bond acceptors (Lipinski definition) is 6. The monoisotopic (exact) mass is 409 g/mol. The van der Waals surface area contributed by atoms with Crippen LogP contribution in [0.5, 0.6) is 0 Å². The fourth-order valence-corrected chi connectivity index (χ4v) is 4.88. The highest BCUT2D eigenvalue weighted by Gasteiger charge is 2.37. The number of nitrogens with zero attached hydrogens (tertiary/aromatic N) is 5. The lowest BCUT2D eigenvalue weighted by atomic mass is 10.1. The van der Waals surface area contributed by atoms with E-state index in [9.17, 15) is 4.79 Å². The summed E-state index contributed by atoms with van der Waals surface area (Å²) < 4.78 is 0. The topological polar surface area (TPSA) is 90.0 Å². The summed E-state index contributed by atoms with van der Waals surface area (Å²) in [6.45, 7) is 6.89. The molecule has 0 aromatic carbocycles. The molecule has 1 amide bonds. The Balaban J connectivity index is 1.43. The SMILES string of the molecule is CC(C)c1cc(Nc2nc(N3CCCC3C(=O)N3CCCC3)nc3c2CCC3)n[nH]1. The van der Waals surface area contributed by atoms with Gasteiger partial charge in [0.15, 0.2) is 5.82 Å². The van der Waals surface area contributed by atoms with Gasteiger partial charge in [0, 0.05) is 37.0 Å². The minimum atomic E-state index is -0.131. The molecule has 2 aromatic rings. The number of anilines is 3. The number of carbonyl (C=O) groups is 1. The second kappa shape index (κ2) is 7.89. The van der Waals surface area contributed by atoms with Gasteiger partial charge < -0.3 is 15.1 Å². The highest BCUT2D eigenvalue weighted by Crippen LogP contribution is 2.33. The van der Waals surface area contributed by atoms with Crippen LogP contribution >= 0.6 is 0 Å². The fourth-order valence-electron chi connectivity index (χ4n) is 4.88. The average Bonchev–Trinajstić information content (AvgIpc) is 3.54. The van der Waals surface area contributed by atoms with Gasteiger partial charge in [-0.1, -0.05) is 13.8 Å². The Morgan fingerprint density at radius 3 is 2.73 bits per heavy atom. The van der Waals surface area contributed by atoms with Crippen molar-refractivity contribution in [2.24, 2.45) is 0 Å². The Hall–Kier alpha value is -2.64. The van der Waals surface area contributed by atoms with E-state index < -0.39 is 0 Å². The molecule has 30 heavy (non-hydrogen) atoms. The van der Waals surface area contributed by atoms with Crippen molar-refractivity contribution in [3.8, 4) is 0 Å². The van der Waals surface area contributed by atoms with Crippen LogP contribution in [0.4, 0.5) is 17.6 Å². The standard InChI is InChI=1S/C22H31N7O/c1-14(2)17-13-19(27-26-17)24-20-15-7-5-8-16(15)23-22(25-20)29-12-6-9-18(29)21(30)28-10-3-4-11-28/h13-14,18H,3-12H2,1-2H3,(H2,23,24,25,26,27). The van der Waals surface area contributed by atoms with Gasteiger partial charge in [0.1, 0.15) is 11.9 Å². The van der Waals surface area contributed by atoms with E-state index in [-0.39, 0.29) is 11.9 Å². The summed E-state index contributed by atoms with van der Waals surface area (Å²) >= 11 is 0. The van der Waals surface area contributed by atoms with Gasteiger partial charge in [-0.05, 0) is 50.9 Å². The van der Waals surface area contributed by atoms with Crippen LogP contribution in [0, 0.1) is 0 Å². The summed E-state index contributed by atoms with van der Waals surface area (Å²) in [7, 11) is 0. The van der Waals surface area contributed by atoms with Crippen LogP contribution < -0.4 is 10.2 Å². The Labute approximate surface area is 177 Å². The first-order valence-electron chi connectivity index (χ1n) is 11.4. The molecular weight excluding hydrogens is 378 g/mol. The van der Waals surface area contributed by atoms with Crippen LogP contribution in [0.15, 0.2) is 6.07 Å². The van der Waals surface area contributed by atoms with E-state index in [1.54, 1.807) is 0 Å². The molecule has 0 spiro atoms. The Morgan fingerprint density at radius 2 is 1.97 bits per heavy atom. The van der Waals surface area contributed by atoms with E-state index in [4.69, 9.17) is 9.97 Å². The predicted octanol–water partition coefficient (Wildman–Crippen LogP) is 3.15. The first-order valence-corrected chi connectivity index (χ1v) is 11.4. The third kappa shape index (κ3) is 3.52. The highest BCUT2D eigenvalue weighted by molar-refractivity contribution is 5.85. The van der Waals surface area contributed by atoms with Crippen molar-refractivity contribution in [3.63, 3.8) is 0 Å². The van der Waals surface area contributed by atoms with Gasteiger partial charge in [-0.2, -0.15) is 10.1 Å². The van der Waals surface area contributed by atoms with Gasteiger partial charge in [0.05, 0.1) is 5.69 Å². The highest BCUT2D eigenvalue weighted by atomic mass is 16.2. The van der Waals surface area contributed by atoms with Gasteiger partial charge in [0.25, 0.3) is 0 Å². The summed E-state index contributed by atoms with van der Waals surface area (Å²) in [6.07, 6.45) is 7.16. The first-order chi connectivity index (χ1) is 14.6. The minimum absolute atomic E-state index is 0.131. The second-order valence-electron chi connectivity index (χ2n) is 9.02. The van der Waals surface area contributed by atoms with Crippen molar-refractivity contribution in [1.82, 2.24) is 25.1 Å². The van der Waals surface area contributed by atoms with E-state index in [0.717, 1.165) is 87.6 Å². The molecule has 2 N–H and O–H groups in total. The van der Waals surface area contributed by atoms with Crippen LogP contribution in [-0.4, -0.2) is 56.6 Å². The van der Waals surface area contributed by atoms with E-state index >= 15 is 0 Å². The minimum Gasteiger partial charge on any atom is -0.341 e. The first kappa shape index (κ1) is 19.3. The zero-order valence-electron chi connectivity index (χ0n) is 17.9. The van der Waals surface area contributed by atoms with Gasteiger partial charge in [-0.25, -0.2) is 4.98 Å². The fraction of sp³-hybridized carbons (Fsp3) is 0.636. The maximum absolute atomic E-state index is 13.1.